The zero-order valence-electron chi connectivity index (χ0n) is 20.7. The number of hydrogen-bond acceptors (Lipinski definition) is 4. The van der Waals surface area contributed by atoms with Gasteiger partial charge in [-0.1, -0.05) is 29.8 Å². The van der Waals surface area contributed by atoms with E-state index in [2.05, 4.69) is 53.6 Å². The van der Waals surface area contributed by atoms with E-state index in [1.165, 1.54) is 37.1 Å². The molecule has 7 heteroatoms. The van der Waals surface area contributed by atoms with E-state index in [9.17, 15) is 0 Å². The fraction of sp³-hybridized carbons (Fsp3) is 0.731. The summed E-state index contributed by atoms with van der Waals surface area (Å²) in [6, 6.07) is 8.95. The molecule has 0 amide bonds. The van der Waals surface area contributed by atoms with Crippen LogP contribution in [0.3, 0.4) is 0 Å². The highest BCUT2D eigenvalue weighted by Gasteiger charge is 2.19. The average Bonchev–Trinajstić information content (AvgIpc) is 2.82. The molecule has 0 aliphatic carbocycles. The van der Waals surface area contributed by atoms with E-state index in [0.29, 0.717) is 11.8 Å². The second-order valence-corrected chi connectivity index (χ2v) is 9.34. The third-order valence-electron chi connectivity index (χ3n) is 6.54. The minimum absolute atomic E-state index is 0. The van der Waals surface area contributed by atoms with Crippen LogP contribution in [0.15, 0.2) is 29.3 Å². The molecule has 0 bridgehead atoms. The normalized spacial score (nSPS) is 18.7. The van der Waals surface area contributed by atoms with E-state index in [4.69, 9.17) is 14.5 Å². The molecule has 3 rings (SSSR count). The molecule has 6 nitrogen and oxygen atoms in total. The summed E-state index contributed by atoms with van der Waals surface area (Å²) in [5.74, 6) is 2.31. The molecule has 2 N–H and O–H groups in total. The number of hydrogen-bond donors (Lipinski definition) is 2. The van der Waals surface area contributed by atoms with E-state index < -0.39 is 0 Å². The van der Waals surface area contributed by atoms with E-state index in [1.807, 2.05) is 0 Å². The molecule has 1 aromatic rings. The van der Waals surface area contributed by atoms with Crippen molar-refractivity contribution in [1.29, 1.82) is 0 Å². The van der Waals surface area contributed by atoms with Crippen molar-refractivity contribution in [1.82, 2.24) is 15.5 Å². The Bertz CT molecular complexity index is 657. The first-order valence-corrected chi connectivity index (χ1v) is 12.7. The van der Waals surface area contributed by atoms with Gasteiger partial charge in [0, 0.05) is 52.6 Å². The highest BCUT2D eigenvalue weighted by molar-refractivity contribution is 14.0. The number of guanidine groups is 1. The number of benzene rings is 1. The Morgan fingerprint density at radius 2 is 1.79 bits per heavy atom. The minimum Gasteiger partial charge on any atom is -0.381 e. The molecule has 0 saturated carbocycles. The van der Waals surface area contributed by atoms with Gasteiger partial charge >= 0.3 is 0 Å². The topological polar surface area (TPSA) is 58.1 Å². The van der Waals surface area contributed by atoms with Gasteiger partial charge in [0.15, 0.2) is 5.96 Å². The fourth-order valence-electron chi connectivity index (χ4n) is 4.39. The number of ether oxygens (including phenoxy) is 2. The highest BCUT2D eigenvalue weighted by Crippen LogP contribution is 2.19. The van der Waals surface area contributed by atoms with Gasteiger partial charge in [-0.2, -0.15) is 0 Å². The second-order valence-electron chi connectivity index (χ2n) is 9.34. The highest BCUT2D eigenvalue weighted by atomic mass is 127. The number of rotatable bonds is 11. The number of nitrogens with one attached hydrogen (secondary N) is 2. The van der Waals surface area contributed by atoms with Gasteiger partial charge in [-0.05, 0) is 76.4 Å². The monoisotopic (exact) mass is 572 g/mol. The van der Waals surface area contributed by atoms with Crippen molar-refractivity contribution in [3.05, 3.63) is 35.4 Å². The molecule has 1 aromatic carbocycles. The maximum atomic E-state index is 5.87. The zero-order chi connectivity index (χ0) is 22.4. The van der Waals surface area contributed by atoms with Gasteiger partial charge in [0.2, 0.25) is 0 Å². The molecule has 2 aliphatic rings. The van der Waals surface area contributed by atoms with Crippen molar-refractivity contribution in [2.24, 2.45) is 16.8 Å². The third-order valence-corrected chi connectivity index (χ3v) is 6.54. The van der Waals surface area contributed by atoms with Crippen molar-refractivity contribution >= 4 is 29.9 Å². The Labute approximate surface area is 218 Å². The lowest BCUT2D eigenvalue weighted by Crippen LogP contribution is -2.39. The Morgan fingerprint density at radius 3 is 2.48 bits per heavy atom. The Morgan fingerprint density at radius 1 is 1.06 bits per heavy atom. The lowest BCUT2D eigenvalue weighted by Gasteiger charge is -2.31. The fourth-order valence-corrected chi connectivity index (χ4v) is 4.39. The predicted molar refractivity (Wildman–Crippen MR) is 148 cm³/mol. The van der Waals surface area contributed by atoms with E-state index in [1.54, 1.807) is 0 Å². The van der Waals surface area contributed by atoms with Gasteiger partial charge in [0.05, 0.1) is 0 Å². The van der Waals surface area contributed by atoms with Crippen LogP contribution < -0.4 is 10.6 Å². The molecule has 0 aromatic heterocycles. The van der Waals surface area contributed by atoms with E-state index in [-0.39, 0.29) is 24.0 Å². The minimum atomic E-state index is 0. The predicted octanol–water partition coefficient (Wildman–Crippen LogP) is 4.21. The molecule has 2 saturated heterocycles. The number of aliphatic imine (C=N–C) groups is 1. The quantitative estimate of drug-likeness (QED) is 0.180. The smallest absolute Gasteiger partial charge is 0.191 e. The molecule has 188 valence electrons. The molecule has 0 atom stereocenters. The number of piperidine rings is 1. The third kappa shape index (κ3) is 11.4. The molecule has 2 aliphatic heterocycles. The molecule has 0 spiro atoms. The number of likely N-dealkylation sites (tertiary alicyclic amines) is 1. The van der Waals surface area contributed by atoms with Gasteiger partial charge in [-0.25, -0.2) is 0 Å². The summed E-state index contributed by atoms with van der Waals surface area (Å²) < 4.78 is 11.3. The average molecular weight is 573 g/mol. The van der Waals surface area contributed by atoms with Crippen LogP contribution in [0, 0.1) is 18.8 Å². The van der Waals surface area contributed by atoms with Crippen molar-refractivity contribution in [3.63, 3.8) is 0 Å². The van der Waals surface area contributed by atoms with Crippen LogP contribution in [0.2, 0.25) is 0 Å². The summed E-state index contributed by atoms with van der Waals surface area (Å²) in [7, 11) is 0. The van der Waals surface area contributed by atoms with Gasteiger partial charge in [0.25, 0.3) is 0 Å². The summed E-state index contributed by atoms with van der Waals surface area (Å²) in [5.41, 5.74) is 2.75. The Kier molecular flexibility index (Phi) is 14.3. The number of aryl methyl sites for hydroxylation is 1. The first-order chi connectivity index (χ1) is 15.7. The molecule has 0 unspecified atom stereocenters. The maximum absolute atomic E-state index is 5.87. The second kappa shape index (κ2) is 16.7. The van der Waals surface area contributed by atoms with Gasteiger partial charge in [-0.15, -0.1) is 24.0 Å². The number of nitrogens with zero attached hydrogens (tertiary/aromatic N) is 2. The summed E-state index contributed by atoms with van der Waals surface area (Å²) in [6.07, 6.45) is 5.75. The van der Waals surface area contributed by atoms with Crippen LogP contribution in [0.5, 0.6) is 0 Å². The molecule has 2 heterocycles. The van der Waals surface area contributed by atoms with Crippen LogP contribution in [-0.2, 0) is 16.0 Å². The zero-order valence-corrected chi connectivity index (χ0v) is 23.0. The summed E-state index contributed by atoms with van der Waals surface area (Å²) >= 11 is 0. The molecular formula is C26H45IN4O2. The van der Waals surface area contributed by atoms with Crippen LogP contribution in [0.1, 0.15) is 50.2 Å². The first kappa shape index (κ1) is 28.3. The molecule has 33 heavy (non-hydrogen) atoms. The first-order valence-electron chi connectivity index (χ1n) is 12.7. The van der Waals surface area contributed by atoms with Crippen LogP contribution in [0.4, 0.5) is 0 Å². The summed E-state index contributed by atoms with van der Waals surface area (Å²) in [4.78, 5) is 7.45. The Hall–Kier alpha value is -0.900. The van der Waals surface area contributed by atoms with Crippen molar-refractivity contribution < 1.29 is 9.47 Å². The maximum Gasteiger partial charge on any atom is 0.191 e. The molecule has 0 radical (unpaired) electrons. The van der Waals surface area contributed by atoms with Gasteiger partial charge < -0.3 is 20.1 Å². The molecule has 2 fully saturated rings. The largest absolute Gasteiger partial charge is 0.381 e. The van der Waals surface area contributed by atoms with E-state index >= 15 is 0 Å². The summed E-state index contributed by atoms with van der Waals surface area (Å²) in [5, 5.41) is 6.86. The number of halogens is 1. The Balaban J connectivity index is 0.00000385. The van der Waals surface area contributed by atoms with Crippen LogP contribution in [0.25, 0.3) is 0 Å². The lowest BCUT2D eigenvalue weighted by molar-refractivity contribution is 0.0203. The van der Waals surface area contributed by atoms with Crippen molar-refractivity contribution in [2.45, 2.75) is 52.5 Å². The summed E-state index contributed by atoms with van der Waals surface area (Å²) in [6.45, 7) is 13.8. The van der Waals surface area contributed by atoms with Gasteiger partial charge in [0.1, 0.15) is 0 Å². The molecular weight excluding hydrogens is 527 g/mol. The van der Waals surface area contributed by atoms with Crippen molar-refractivity contribution in [2.75, 3.05) is 59.2 Å². The standard InChI is InChI=1S/C26H44N4O2.HI/c1-3-27-26(28-13-4-16-32-21-25-11-17-31-18-12-25)29-19-23-9-14-30(15-10-23)20-24-7-5-22(2)6-8-24;/h5-8,23,25H,3-4,9-21H2,1-2H3,(H2,27,28,29);1H. The van der Waals surface area contributed by atoms with E-state index in [0.717, 1.165) is 77.8 Å². The van der Waals surface area contributed by atoms with Crippen LogP contribution in [-0.4, -0.2) is 70.0 Å². The van der Waals surface area contributed by atoms with Crippen molar-refractivity contribution in [3.8, 4) is 0 Å². The lowest BCUT2D eigenvalue weighted by atomic mass is 9.96. The van der Waals surface area contributed by atoms with Gasteiger partial charge in [-0.3, -0.25) is 9.89 Å². The SMILES string of the molecule is CCNC(=NCC1CCN(Cc2ccc(C)cc2)CC1)NCCCOCC1CCOCC1.I. The van der Waals surface area contributed by atoms with Crippen LogP contribution >= 0.6 is 24.0 Å².